The molecule has 0 heterocycles. The largest absolute Gasteiger partial charge is 0.384 e. The van der Waals surface area contributed by atoms with Gasteiger partial charge in [-0.05, 0) is 32.0 Å². The van der Waals surface area contributed by atoms with E-state index < -0.39 is 0 Å². The average molecular weight is 232 g/mol. The summed E-state index contributed by atoms with van der Waals surface area (Å²) in [5.41, 5.74) is 6.07. The van der Waals surface area contributed by atoms with E-state index in [2.05, 4.69) is 5.32 Å². The van der Waals surface area contributed by atoms with Crippen molar-refractivity contribution in [1.82, 2.24) is 0 Å². The molecule has 4 N–H and O–H groups in total. The first-order valence-corrected chi connectivity index (χ1v) is 4.41. The van der Waals surface area contributed by atoms with Crippen molar-refractivity contribution in [2.45, 2.75) is 19.9 Å². The highest BCUT2D eigenvalue weighted by Crippen LogP contribution is 2.16. The van der Waals surface area contributed by atoms with E-state index in [9.17, 15) is 4.39 Å². The number of anilines is 1. The van der Waals surface area contributed by atoms with Crippen LogP contribution in [0, 0.1) is 11.2 Å². The number of nitrogens with two attached hydrogens (primary N) is 1. The van der Waals surface area contributed by atoms with E-state index in [4.69, 9.17) is 11.1 Å². The van der Waals surface area contributed by atoms with Crippen molar-refractivity contribution >= 4 is 23.9 Å². The Morgan fingerprint density at radius 3 is 2.47 bits per heavy atom. The van der Waals surface area contributed by atoms with Crippen LogP contribution in [0.2, 0.25) is 0 Å². The molecule has 0 aromatic heterocycles. The van der Waals surface area contributed by atoms with Crippen LogP contribution in [0.4, 0.5) is 10.1 Å². The number of nitrogen functional groups attached to an aromatic ring is 1. The number of benzene rings is 1. The minimum Gasteiger partial charge on any atom is -0.384 e. The molecule has 1 rings (SSSR count). The fourth-order valence-corrected chi connectivity index (χ4v) is 1.11. The molecule has 0 radical (unpaired) electrons. The Hall–Kier alpha value is -1.29. The molecular weight excluding hydrogens is 217 g/mol. The molecule has 0 atom stereocenters. The number of nitrogens with one attached hydrogen (secondary N) is 2. The molecule has 1 aromatic carbocycles. The highest BCUT2D eigenvalue weighted by Gasteiger charge is 2.05. The van der Waals surface area contributed by atoms with Crippen LogP contribution in [-0.2, 0) is 0 Å². The Kier molecular flexibility index (Phi) is 5.08. The van der Waals surface area contributed by atoms with Crippen LogP contribution >= 0.6 is 12.4 Å². The van der Waals surface area contributed by atoms with Gasteiger partial charge in [0.15, 0.2) is 0 Å². The quantitative estimate of drug-likeness (QED) is 0.552. The molecular formula is C10H15ClFN3. The van der Waals surface area contributed by atoms with Gasteiger partial charge >= 0.3 is 0 Å². The van der Waals surface area contributed by atoms with Crippen LogP contribution in [0.25, 0.3) is 0 Å². The zero-order valence-electron chi connectivity index (χ0n) is 8.67. The number of amidine groups is 1. The molecule has 3 nitrogen and oxygen atoms in total. The lowest BCUT2D eigenvalue weighted by Gasteiger charge is -2.11. The first kappa shape index (κ1) is 13.7. The normalized spacial score (nSPS) is 9.60. The summed E-state index contributed by atoms with van der Waals surface area (Å²) in [6.45, 7) is 3.86. The van der Waals surface area contributed by atoms with Gasteiger partial charge < -0.3 is 11.1 Å². The molecule has 5 heteroatoms. The zero-order chi connectivity index (χ0) is 10.7. The molecule has 0 amide bonds. The minimum atomic E-state index is -0.383. The predicted molar refractivity (Wildman–Crippen MR) is 63.4 cm³/mol. The third-order valence-corrected chi connectivity index (χ3v) is 1.72. The van der Waals surface area contributed by atoms with Gasteiger partial charge in [-0.2, -0.15) is 0 Å². The van der Waals surface area contributed by atoms with Crippen LogP contribution in [0.3, 0.4) is 0 Å². The van der Waals surface area contributed by atoms with Crippen molar-refractivity contribution in [2.24, 2.45) is 5.73 Å². The Morgan fingerprint density at radius 2 is 2.07 bits per heavy atom. The molecule has 0 fully saturated rings. The summed E-state index contributed by atoms with van der Waals surface area (Å²) >= 11 is 0. The summed E-state index contributed by atoms with van der Waals surface area (Å²) < 4.78 is 13.4. The highest BCUT2D eigenvalue weighted by molar-refractivity contribution is 5.95. The first-order chi connectivity index (χ1) is 6.50. The second kappa shape index (κ2) is 5.56. The van der Waals surface area contributed by atoms with E-state index in [1.54, 1.807) is 12.1 Å². The molecule has 0 saturated heterocycles. The Morgan fingerprint density at radius 1 is 1.47 bits per heavy atom. The van der Waals surface area contributed by atoms with Crippen molar-refractivity contribution < 1.29 is 4.39 Å². The predicted octanol–water partition coefficient (Wildman–Crippen LogP) is 2.35. The standard InChI is InChI=1S/C10H14FN3.ClH/c1-6(2)14-9-4-3-7(10(12)13)5-8(9)11;/h3-6,14H,1-2H3,(H3,12,13);1H. The van der Waals surface area contributed by atoms with Crippen molar-refractivity contribution in [3.05, 3.63) is 29.6 Å². The third-order valence-electron chi connectivity index (χ3n) is 1.72. The molecule has 0 spiro atoms. The van der Waals surface area contributed by atoms with Gasteiger partial charge in [0.1, 0.15) is 11.7 Å². The molecule has 0 aliphatic heterocycles. The summed E-state index contributed by atoms with van der Waals surface area (Å²) in [7, 11) is 0. The zero-order valence-corrected chi connectivity index (χ0v) is 9.49. The van der Waals surface area contributed by atoms with Gasteiger partial charge in [-0.1, -0.05) is 0 Å². The Labute approximate surface area is 94.8 Å². The summed E-state index contributed by atoms with van der Waals surface area (Å²) in [5, 5.41) is 10.1. The second-order valence-corrected chi connectivity index (χ2v) is 3.41. The molecule has 0 aliphatic rings. The number of halogens is 2. The first-order valence-electron chi connectivity index (χ1n) is 4.41. The molecule has 0 bridgehead atoms. The van der Waals surface area contributed by atoms with Crippen molar-refractivity contribution in [1.29, 1.82) is 5.41 Å². The van der Waals surface area contributed by atoms with Crippen LogP contribution in [0.1, 0.15) is 19.4 Å². The smallest absolute Gasteiger partial charge is 0.147 e. The van der Waals surface area contributed by atoms with Gasteiger partial charge in [0.25, 0.3) is 0 Å². The fraction of sp³-hybridized carbons (Fsp3) is 0.300. The SMILES string of the molecule is CC(C)Nc1ccc(C(=N)N)cc1F.Cl. The van der Waals surface area contributed by atoms with Crippen molar-refractivity contribution in [3.63, 3.8) is 0 Å². The van der Waals surface area contributed by atoms with Gasteiger partial charge in [0, 0.05) is 11.6 Å². The molecule has 15 heavy (non-hydrogen) atoms. The van der Waals surface area contributed by atoms with Crippen molar-refractivity contribution in [3.8, 4) is 0 Å². The topological polar surface area (TPSA) is 61.9 Å². The summed E-state index contributed by atoms with van der Waals surface area (Å²) in [6.07, 6.45) is 0. The molecule has 1 aromatic rings. The maximum Gasteiger partial charge on any atom is 0.147 e. The molecule has 84 valence electrons. The minimum absolute atomic E-state index is 0. The fourth-order valence-electron chi connectivity index (χ4n) is 1.11. The van der Waals surface area contributed by atoms with Gasteiger partial charge in [-0.15, -0.1) is 12.4 Å². The average Bonchev–Trinajstić information content (AvgIpc) is 2.07. The van der Waals surface area contributed by atoms with E-state index >= 15 is 0 Å². The second-order valence-electron chi connectivity index (χ2n) is 3.41. The third kappa shape index (κ3) is 3.75. The van der Waals surface area contributed by atoms with Crippen LogP contribution in [0.15, 0.2) is 18.2 Å². The number of hydrogen-bond donors (Lipinski definition) is 3. The lowest BCUT2D eigenvalue weighted by Crippen LogP contribution is -2.14. The summed E-state index contributed by atoms with van der Waals surface area (Å²) in [5.74, 6) is -0.508. The van der Waals surface area contributed by atoms with Gasteiger partial charge in [-0.3, -0.25) is 5.41 Å². The van der Waals surface area contributed by atoms with Gasteiger partial charge in [0.2, 0.25) is 0 Å². The lowest BCUT2D eigenvalue weighted by molar-refractivity contribution is 0.627. The molecule has 0 unspecified atom stereocenters. The van der Waals surface area contributed by atoms with Crippen LogP contribution < -0.4 is 11.1 Å². The molecule has 0 saturated carbocycles. The highest BCUT2D eigenvalue weighted by atomic mass is 35.5. The maximum absolute atomic E-state index is 13.4. The number of hydrogen-bond acceptors (Lipinski definition) is 2. The van der Waals surface area contributed by atoms with Gasteiger partial charge in [-0.25, -0.2) is 4.39 Å². The lowest BCUT2D eigenvalue weighted by atomic mass is 10.1. The Balaban J connectivity index is 0.00000196. The van der Waals surface area contributed by atoms with E-state index in [1.165, 1.54) is 6.07 Å². The summed E-state index contributed by atoms with van der Waals surface area (Å²) in [6, 6.07) is 4.64. The maximum atomic E-state index is 13.4. The summed E-state index contributed by atoms with van der Waals surface area (Å²) in [4.78, 5) is 0. The van der Waals surface area contributed by atoms with Crippen LogP contribution in [-0.4, -0.2) is 11.9 Å². The number of rotatable bonds is 3. The van der Waals surface area contributed by atoms with Gasteiger partial charge in [0.05, 0.1) is 5.69 Å². The van der Waals surface area contributed by atoms with Crippen LogP contribution in [0.5, 0.6) is 0 Å². The molecule has 0 aliphatic carbocycles. The van der Waals surface area contributed by atoms with E-state index in [0.29, 0.717) is 11.3 Å². The van der Waals surface area contributed by atoms with Crippen molar-refractivity contribution in [2.75, 3.05) is 5.32 Å². The Bertz CT molecular complexity index is 353. The van der Waals surface area contributed by atoms with E-state index in [0.717, 1.165) is 0 Å². The monoisotopic (exact) mass is 231 g/mol. The van der Waals surface area contributed by atoms with E-state index in [1.807, 2.05) is 13.8 Å². The van der Waals surface area contributed by atoms with E-state index in [-0.39, 0.29) is 30.1 Å².